The molecule has 1 unspecified atom stereocenters. The number of halogens is 2. The molecule has 0 aliphatic heterocycles. The first-order chi connectivity index (χ1) is 6.66. The molecule has 0 aliphatic rings. The van der Waals surface area contributed by atoms with Crippen molar-refractivity contribution in [1.29, 1.82) is 5.26 Å². The number of alkyl halides is 2. The number of nitrogens with zero attached hydrogens (tertiary/aromatic N) is 1. The summed E-state index contributed by atoms with van der Waals surface area (Å²) >= 11 is 0. The lowest BCUT2D eigenvalue weighted by atomic mass is 9.99. The van der Waals surface area contributed by atoms with Crippen molar-refractivity contribution in [2.24, 2.45) is 5.73 Å². The van der Waals surface area contributed by atoms with Crippen LogP contribution < -0.4 is 5.73 Å². The maximum Gasteiger partial charge on any atom is 0.264 e. The van der Waals surface area contributed by atoms with E-state index >= 15 is 0 Å². The summed E-state index contributed by atoms with van der Waals surface area (Å²) in [5.74, 6) is 0. The molecule has 2 nitrogen and oxygen atoms in total. The van der Waals surface area contributed by atoms with Crippen LogP contribution in [0.4, 0.5) is 8.78 Å². The Labute approximate surface area is 81.0 Å². The molecular weight excluding hydrogens is 186 g/mol. The van der Waals surface area contributed by atoms with Crippen molar-refractivity contribution < 1.29 is 8.78 Å². The number of nitriles is 1. The number of rotatable bonds is 3. The molecule has 74 valence electrons. The quantitative estimate of drug-likeness (QED) is 0.807. The highest BCUT2D eigenvalue weighted by atomic mass is 19.3. The van der Waals surface area contributed by atoms with Gasteiger partial charge in [-0.25, -0.2) is 8.78 Å². The Bertz CT molecular complexity index is 344. The second-order valence-corrected chi connectivity index (χ2v) is 2.90. The van der Waals surface area contributed by atoms with Crippen LogP contribution in [0.15, 0.2) is 24.3 Å². The van der Waals surface area contributed by atoms with Gasteiger partial charge in [0.05, 0.1) is 12.5 Å². The molecule has 0 saturated heterocycles. The van der Waals surface area contributed by atoms with Crippen molar-refractivity contribution in [2.75, 3.05) is 0 Å². The fourth-order valence-corrected chi connectivity index (χ4v) is 1.26. The van der Waals surface area contributed by atoms with Crippen molar-refractivity contribution in [3.8, 4) is 6.07 Å². The van der Waals surface area contributed by atoms with Gasteiger partial charge in [-0.3, -0.25) is 0 Å². The number of hydrogen-bond acceptors (Lipinski definition) is 2. The zero-order chi connectivity index (χ0) is 10.6. The fourth-order valence-electron chi connectivity index (χ4n) is 1.26. The van der Waals surface area contributed by atoms with Crippen molar-refractivity contribution in [1.82, 2.24) is 0 Å². The highest BCUT2D eigenvalue weighted by Crippen LogP contribution is 2.27. The van der Waals surface area contributed by atoms with Crippen molar-refractivity contribution in [2.45, 2.75) is 18.9 Å². The monoisotopic (exact) mass is 196 g/mol. The highest BCUT2D eigenvalue weighted by molar-refractivity contribution is 5.31. The molecule has 0 aliphatic carbocycles. The molecule has 1 atom stereocenters. The normalized spacial score (nSPS) is 12.5. The van der Waals surface area contributed by atoms with Gasteiger partial charge in [-0.2, -0.15) is 5.26 Å². The van der Waals surface area contributed by atoms with Gasteiger partial charge in [0.15, 0.2) is 0 Å². The lowest BCUT2D eigenvalue weighted by Crippen LogP contribution is -2.11. The minimum atomic E-state index is -2.55. The molecule has 0 bridgehead atoms. The standard InChI is InChI=1S/C10H10F2N2/c11-10(12)8-4-2-1-3-7(8)9(14)5-6-13/h1-4,9-10H,5,14H2. The summed E-state index contributed by atoms with van der Waals surface area (Å²) in [6.07, 6.45) is -2.50. The summed E-state index contributed by atoms with van der Waals surface area (Å²) in [5.41, 5.74) is 5.85. The van der Waals surface area contributed by atoms with E-state index in [4.69, 9.17) is 11.0 Å². The van der Waals surface area contributed by atoms with Gasteiger partial charge < -0.3 is 5.73 Å². The smallest absolute Gasteiger partial charge is 0.264 e. The minimum absolute atomic E-state index is 0.0454. The molecule has 1 aromatic carbocycles. The first-order valence-corrected chi connectivity index (χ1v) is 4.16. The van der Waals surface area contributed by atoms with Crippen LogP contribution in [0.3, 0.4) is 0 Å². The third-order valence-corrected chi connectivity index (χ3v) is 1.94. The maximum atomic E-state index is 12.5. The van der Waals surface area contributed by atoms with Crippen molar-refractivity contribution in [3.63, 3.8) is 0 Å². The SMILES string of the molecule is N#CCC(N)c1ccccc1C(F)F. The Kier molecular flexibility index (Phi) is 3.55. The third kappa shape index (κ3) is 2.27. The molecule has 0 spiro atoms. The van der Waals surface area contributed by atoms with Crippen molar-refractivity contribution >= 4 is 0 Å². The van der Waals surface area contributed by atoms with Gasteiger partial charge in [-0.15, -0.1) is 0 Å². The van der Waals surface area contributed by atoms with Gasteiger partial charge in [0.2, 0.25) is 0 Å². The topological polar surface area (TPSA) is 49.8 Å². The maximum absolute atomic E-state index is 12.5. The average Bonchev–Trinajstić information content (AvgIpc) is 2.18. The summed E-state index contributed by atoms with van der Waals surface area (Å²) in [4.78, 5) is 0. The van der Waals surface area contributed by atoms with E-state index in [9.17, 15) is 8.78 Å². The summed E-state index contributed by atoms with van der Waals surface area (Å²) in [7, 11) is 0. The zero-order valence-electron chi connectivity index (χ0n) is 7.45. The highest BCUT2D eigenvalue weighted by Gasteiger charge is 2.16. The van der Waals surface area contributed by atoms with Gasteiger partial charge in [0, 0.05) is 11.6 Å². The molecule has 0 saturated carbocycles. The van der Waals surface area contributed by atoms with Gasteiger partial charge in [0.1, 0.15) is 0 Å². The Morgan fingerprint density at radius 1 is 1.29 bits per heavy atom. The molecule has 14 heavy (non-hydrogen) atoms. The van der Waals surface area contributed by atoms with Gasteiger partial charge >= 0.3 is 0 Å². The molecular formula is C10H10F2N2. The summed E-state index contributed by atoms with van der Waals surface area (Å²) in [6.45, 7) is 0. The second kappa shape index (κ2) is 4.68. The second-order valence-electron chi connectivity index (χ2n) is 2.90. The molecule has 0 heterocycles. The van der Waals surface area contributed by atoms with Gasteiger partial charge in [0.25, 0.3) is 6.43 Å². The van der Waals surface area contributed by atoms with E-state index in [0.717, 1.165) is 0 Å². The number of hydrogen-bond donors (Lipinski definition) is 1. The largest absolute Gasteiger partial charge is 0.323 e. The molecule has 1 rings (SSSR count). The predicted octanol–water partition coefficient (Wildman–Crippen LogP) is 2.54. The lowest BCUT2D eigenvalue weighted by Gasteiger charge is -2.12. The van der Waals surface area contributed by atoms with Crippen LogP contribution in [-0.2, 0) is 0 Å². The van der Waals surface area contributed by atoms with Crippen LogP contribution in [0.1, 0.15) is 30.0 Å². The Balaban J connectivity index is 3.01. The van der Waals surface area contributed by atoms with Crippen LogP contribution in [0.25, 0.3) is 0 Å². The van der Waals surface area contributed by atoms with Crippen LogP contribution in [-0.4, -0.2) is 0 Å². The average molecular weight is 196 g/mol. The summed E-state index contributed by atoms with van der Waals surface area (Å²) in [6, 6.07) is 7.26. The molecule has 0 aromatic heterocycles. The van der Waals surface area contributed by atoms with Gasteiger partial charge in [-0.05, 0) is 5.56 Å². The molecule has 4 heteroatoms. The van der Waals surface area contributed by atoms with Crippen LogP contribution in [0.2, 0.25) is 0 Å². The van der Waals surface area contributed by atoms with E-state index in [1.165, 1.54) is 18.2 Å². The first-order valence-electron chi connectivity index (χ1n) is 4.16. The summed E-state index contributed by atoms with van der Waals surface area (Å²) < 4.78 is 25.0. The van der Waals surface area contributed by atoms with E-state index in [-0.39, 0.29) is 12.0 Å². The molecule has 0 radical (unpaired) electrons. The third-order valence-electron chi connectivity index (χ3n) is 1.94. The Hall–Kier alpha value is -1.47. The molecule has 0 fully saturated rings. The van der Waals surface area contributed by atoms with Gasteiger partial charge in [-0.1, -0.05) is 24.3 Å². The van der Waals surface area contributed by atoms with E-state index in [0.29, 0.717) is 5.56 Å². The fraction of sp³-hybridized carbons (Fsp3) is 0.300. The molecule has 2 N–H and O–H groups in total. The lowest BCUT2D eigenvalue weighted by molar-refractivity contribution is 0.149. The number of benzene rings is 1. The Morgan fingerprint density at radius 3 is 2.36 bits per heavy atom. The van der Waals surface area contributed by atoms with E-state index < -0.39 is 12.5 Å². The molecule has 1 aromatic rings. The van der Waals surface area contributed by atoms with Crippen LogP contribution in [0.5, 0.6) is 0 Å². The van der Waals surface area contributed by atoms with E-state index in [1.54, 1.807) is 6.07 Å². The number of nitrogens with two attached hydrogens (primary N) is 1. The van der Waals surface area contributed by atoms with E-state index in [1.807, 2.05) is 6.07 Å². The first kappa shape index (κ1) is 10.6. The summed E-state index contributed by atoms with van der Waals surface area (Å²) in [5, 5.41) is 8.41. The Morgan fingerprint density at radius 2 is 1.86 bits per heavy atom. The van der Waals surface area contributed by atoms with Crippen LogP contribution >= 0.6 is 0 Å². The van der Waals surface area contributed by atoms with Crippen molar-refractivity contribution in [3.05, 3.63) is 35.4 Å². The van der Waals surface area contributed by atoms with Crippen LogP contribution in [0, 0.1) is 11.3 Å². The minimum Gasteiger partial charge on any atom is -0.323 e. The zero-order valence-corrected chi connectivity index (χ0v) is 7.45. The van der Waals surface area contributed by atoms with E-state index in [2.05, 4.69) is 0 Å². The predicted molar refractivity (Wildman–Crippen MR) is 48.6 cm³/mol. The molecule has 0 amide bonds.